The highest BCUT2D eigenvalue weighted by Gasteiger charge is 2.46. The maximum atomic E-state index is 13.4. The number of amides is 1. The summed E-state index contributed by atoms with van der Waals surface area (Å²) in [4.78, 5) is 32.7. The number of anilines is 1. The van der Waals surface area contributed by atoms with Crippen molar-refractivity contribution in [2.24, 2.45) is 0 Å². The first-order chi connectivity index (χ1) is 17.1. The van der Waals surface area contributed by atoms with Gasteiger partial charge in [-0.05, 0) is 55.0 Å². The fourth-order valence-corrected chi connectivity index (χ4v) is 5.81. The Labute approximate surface area is 210 Å². The number of hydrogen-bond donors (Lipinski definition) is 1. The van der Waals surface area contributed by atoms with Crippen molar-refractivity contribution in [3.63, 3.8) is 0 Å². The fraction of sp³-hybridized carbons (Fsp3) is 0.160. The molecule has 2 aromatic carbocycles. The Bertz CT molecular complexity index is 1660. The lowest BCUT2D eigenvalue weighted by atomic mass is 9.95. The summed E-state index contributed by atoms with van der Waals surface area (Å²) < 4.78 is 35.2. The zero-order valence-electron chi connectivity index (χ0n) is 19.4. The molecule has 3 heterocycles. The average molecular weight is 525 g/mol. The van der Waals surface area contributed by atoms with E-state index in [0.29, 0.717) is 27.3 Å². The maximum Gasteiger partial charge on any atom is 0.296 e. The van der Waals surface area contributed by atoms with Crippen LogP contribution in [-0.2, 0) is 14.6 Å². The van der Waals surface area contributed by atoms with Crippen LogP contribution in [0, 0.1) is 6.92 Å². The minimum Gasteiger partial charge on any atom is -0.503 e. The summed E-state index contributed by atoms with van der Waals surface area (Å²) in [5, 5.41) is 11.1. The number of sulfone groups is 1. The number of ether oxygens (including phenoxy) is 1. The van der Waals surface area contributed by atoms with Gasteiger partial charge in [0, 0.05) is 6.26 Å². The van der Waals surface area contributed by atoms with Crippen molar-refractivity contribution in [3.05, 3.63) is 83.0 Å². The van der Waals surface area contributed by atoms with Crippen molar-refractivity contribution >= 4 is 48.2 Å². The molecule has 36 heavy (non-hydrogen) atoms. The van der Waals surface area contributed by atoms with E-state index in [1.165, 1.54) is 30.2 Å². The zero-order valence-corrected chi connectivity index (χ0v) is 21.0. The van der Waals surface area contributed by atoms with Crippen LogP contribution in [0.3, 0.4) is 0 Å². The molecule has 0 saturated carbocycles. The Kier molecular flexibility index (Phi) is 5.68. The summed E-state index contributed by atoms with van der Waals surface area (Å²) in [5.74, 6) is -1.06. The van der Waals surface area contributed by atoms with Gasteiger partial charge in [-0.2, -0.15) is 0 Å². The zero-order chi connectivity index (χ0) is 25.8. The predicted molar refractivity (Wildman–Crippen MR) is 133 cm³/mol. The number of nitrogens with zero attached hydrogens (tertiary/aromatic N) is 2. The molecule has 1 N–H and O–H groups in total. The second-order valence-corrected chi connectivity index (χ2v) is 11.3. The Hall–Kier alpha value is -3.96. The Balaban J connectivity index is 1.66. The first kappa shape index (κ1) is 23.8. The van der Waals surface area contributed by atoms with Gasteiger partial charge >= 0.3 is 0 Å². The van der Waals surface area contributed by atoms with Crippen LogP contribution in [0.1, 0.15) is 27.9 Å². The number of fused-ring (bicyclic) bond motifs is 1. The van der Waals surface area contributed by atoms with Gasteiger partial charge in [-0.15, -0.1) is 0 Å². The van der Waals surface area contributed by atoms with Crippen LogP contribution < -0.4 is 9.64 Å². The lowest BCUT2D eigenvalue weighted by Gasteiger charge is -2.24. The normalized spacial score (nSPS) is 16.2. The Morgan fingerprint density at radius 2 is 1.86 bits per heavy atom. The molecule has 1 unspecified atom stereocenters. The summed E-state index contributed by atoms with van der Waals surface area (Å²) in [7, 11) is -1.93. The largest absolute Gasteiger partial charge is 0.503 e. The minimum absolute atomic E-state index is 0.00990. The van der Waals surface area contributed by atoms with Gasteiger partial charge in [-0.3, -0.25) is 14.5 Å². The van der Waals surface area contributed by atoms with Crippen LogP contribution in [-0.4, -0.2) is 43.6 Å². The molecule has 1 aliphatic heterocycles. The number of carbonyl (C=O) groups excluding carboxylic acids is 2. The van der Waals surface area contributed by atoms with Crippen LogP contribution in [0.25, 0.3) is 10.2 Å². The standard InChI is InChI=1S/C25H20N2O7S2/c1-13-4-11-18(34-13)22(28)20-21(14-5-7-15(33-2)8-6-14)27(24(30)23(20)29)25-26-17-10-9-16(36(3,31)32)12-19(17)35-25/h4-12,21,29H,1-3H3. The summed E-state index contributed by atoms with van der Waals surface area (Å²) in [6.07, 6.45) is 1.11. The SMILES string of the molecule is COc1ccc(C2C(C(=O)c3ccc(C)o3)=C(O)C(=O)N2c2nc3ccc(S(C)(=O)=O)cc3s2)cc1. The van der Waals surface area contributed by atoms with Crippen LogP contribution in [0.2, 0.25) is 0 Å². The van der Waals surface area contributed by atoms with E-state index in [4.69, 9.17) is 9.15 Å². The molecular formula is C25H20N2O7S2. The highest BCUT2D eigenvalue weighted by atomic mass is 32.2. The van der Waals surface area contributed by atoms with E-state index >= 15 is 0 Å². The quantitative estimate of drug-likeness (QED) is 0.368. The second kappa shape index (κ2) is 8.61. The molecule has 5 rings (SSSR count). The van der Waals surface area contributed by atoms with Gasteiger partial charge in [0.2, 0.25) is 5.78 Å². The number of benzene rings is 2. The third-order valence-electron chi connectivity index (χ3n) is 5.83. The molecule has 4 aromatic rings. The number of aromatic nitrogens is 1. The molecule has 9 nitrogen and oxygen atoms in total. The van der Waals surface area contributed by atoms with Gasteiger partial charge in [0.05, 0.1) is 33.8 Å². The van der Waals surface area contributed by atoms with E-state index in [1.807, 2.05) is 0 Å². The highest BCUT2D eigenvalue weighted by molar-refractivity contribution is 7.90. The molecule has 1 aliphatic rings. The van der Waals surface area contributed by atoms with Gasteiger partial charge in [0.15, 0.2) is 26.5 Å². The van der Waals surface area contributed by atoms with Crippen molar-refractivity contribution in [3.8, 4) is 5.75 Å². The minimum atomic E-state index is -3.45. The number of aryl methyl sites for hydroxylation is 1. The number of Topliss-reactive ketones (excluding diaryl/α,β-unsaturated/α-hetero) is 1. The Morgan fingerprint density at radius 1 is 1.14 bits per heavy atom. The lowest BCUT2D eigenvalue weighted by Crippen LogP contribution is -2.30. The van der Waals surface area contributed by atoms with Crippen molar-refractivity contribution in [2.45, 2.75) is 17.9 Å². The van der Waals surface area contributed by atoms with E-state index in [1.54, 1.807) is 43.3 Å². The number of aliphatic hydroxyl groups is 1. The van der Waals surface area contributed by atoms with E-state index < -0.39 is 33.3 Å². The molecule has 11 heteroatoms. The summed E-state index contributed by atoms with van der Waals surface area (Å²) in [6.45, 7) is 1.68. The number of rotatable bonds is 6. The lowest BCUT2D eigenvalue weighted by molar-refractivity contribution is -0.117. The molecular weight excluding hydrogens is 504 g/mol. The summed E-state index contributed by atoms with van der Waals surface area (Å²) in [6, 6.07) is 13.3. The number of hydrogen-bond acceptors (Lipinski definition) is 9. The molecule has 0 radical (unpaired) electrons. The van der Waals surface area contributed by atoms with E-state index in [2.05, 4.69) is 4.98 Å². The second-order valence-electron chi connectivity index (χ2n) is 8.25. The van der Waals surface area contributed by atoms with Crippen LogP contribution >= 0.6 is 11.3 Å². The molecule has 0 spiro atoms. The van der Waals surface area contributed by atoms with Gasteiger partial charge in [-0.25, -0.2) is 13.4 Å². The third-order valence-corrected chi connectivity index (χ3v) is 7.96. The van der Waals surface area contributed by atoms with E-state index in [-0.39, 0.29) is 21.4 Å². The number of furan rings is 1. The molecule has 0 aliphatic carbocycles. The summed E-state index contributed by atoms with van der Waals surface area (Å²) >= 11 is 1.08. The van der Waals surface area contributed by atoms with Crippen LogP contribution in [0.15, 0.2) is 75.2 Å². The maximum absolute atomic E-state index is 13.4. The van der Waals surface area contributed by atoms with Gasteiger partial charge in [0.25, 0.3) is 5.91 Å². The van der Waals surface area contributed by atoms with Crippen molar-refractivity contribution in [1.29, 1.82) is 0 Å². The molecule has 1 amide bonds. The first-order valence-corrected chi connectivity index (χ1v) is 13.4. The highest BCUT2D eigenvalue weighted by Crippen LogP contribution is 2.44. The predicted octanol–water partition coefficient (Wildman–Crippen LogP) is 4.39. The van der Waals surface area contributed by atoms with Gasteiger partial charge < -0.3 is 14.3 Å². The van der Waals surface area contributed by atoms with E-state index in [0.717, 1.165) is 17.6 Å². The molecule has 1 atom stereocenters. The monoisotopic (exact) mass is 524 g/mol. The van der Waals surface area contributed by atoms with Crippen LogP contribution in [0.4, 0.5) is 5.13 Å². The molecule has 184 valence electrons. The van der Waals surface area contributed by atoms with Crippen molar-refractivity contribution in [1.82, 2.24) is 4.98 Å². The molecule has 0 bridgehead atoms. The fourth-order valence-electron chi connectivity index (χ4n) is 4.05. The first-order valence-electron chi connectivity index (χ1n) is 10.7. The molecule has 2 aromatic heterocycles. The summed E-state index contributed by atoms with van der Waals surface area (Å²) in [5.41, 5.74) is 0.871. The van der Waals surface area contributed by atoms with Crippen LogP contribution in [0.5, 0.6) is 5.75 Å². The van der Waals surface area contributed by atoms with Gasteiger partial charge in [-0.1, -0.05) is 23.5 Å². The number of ketones is 1. The Morgan fingerprint density at radius 3 is 2.47 bits per heavy atom. The smallest absolute Gasteiger partial charge is 0.296 e. The third kappa shape index (κ3) is 3.95. The molecule has 0 saturated heterocycles. The number of thiazole rings is 1. The van der Waals surface area contributed by atoms with E-state index in [9.17, 15) is 23.1 Å². The topological polar surface area (TPSA) is 127 Å². The number of methoxy groups -OCH3 is 1. The number of aliphatic hydroxyl groups excluding tert-OH is 1. The van der Waals surface area contributed by atoms with Crippen molar-refractivity contribution < 1.29 is 32.3 Å². The average Bonchev–Trinajstić information content (AvgIpc) is 3.54. The molecule has 0 fully saturated rings. The van der Waals surface area contributed by atoms with Gasteiger partial charge in [0.1, 0.15) is 11.5 Å². The van der Waals surface area contributed by atoms with Crippen molar-refractivity contribution in [2.75, 3.05) is 18.3 Å². The number of carbonyl (C=O) groups is 2.